The highest BCUT2D eigenvalue weighted by Crippen LogP contribution is 2.31. The summed E-state index contributed by atoms with van der Waals surface area (Å²) in [5.41, 5.74) is 3.76. The van der Waals surface area contributed by atoms with Gasteiger partial charge in [0.25, 0.3) is 0 Å². The van der Waals surface area contributed by atoms with Crippen molar-refractivity contribution in [3.63, 3.8) is 0 Å². The quantitative estimate of drug-likeness (QED) is 0.583. The largest absolute Gasteiger partial charge is 0.113 e. The molecule has 0 saturated carbocycles. The zero-order chi connectivity index (χ0) is 14.0. The summed E-state index contributed by atoms with van der Waals surface area (Å²) in [7, 11) is 0. The fourth-order valence-corrected chi connectivity index (χ4v) is 2.53. The summed E-state index contributed by atoms with van der Waals surface area (Å²) >= 11 is 9.97. The van der Waals surface area contributed by atoms with Gasteiger partial charge in [0, 0.05) is 4.47 Å². The number of alkyl halides is 1. The molecule has 19 heavy (non-hydrogen) atoms. The van der Waals surface area contributed by atoms with Crippen molar-refractivity contribution >= 4 is 27.5 Å². The van der Waals surface area contributed by atoms with Crippen molar-refractivity contribution in [2.75, 3.05) is 0 Å². The molecule has 100 valence electrons. The van der Waals surface area contributed by atoms with Crippen LogP contribution in [0.15, 0.2) is 53.0 Å². The summed E-state index contributed by atoms with van der Waals surface area (Å²) in [6.07, 6.45) is 0. The third-order valence-corrected chi connectivity index (χ3v) is 4.26. The van der Waals surface area contributed by atoms with Gasteiger partial charge in [0.2, 0.25) is 0 Å². The van der Waals surface area contributed by atoms with Gasteiger partial charge in [-0.3, -0.25) is 0 Å². The minimum Gasteiger partial charge on any atom is -0.113 e. The summed E-state index contributed by atoms with van der Waals surface area (Å²) in [5, 5.41) is -0.0953. The highest BCUT2D eigenvalue weighted by molar-refractivity contribution is 9.10. The Bertz CT molecular complexity index is 535. The first-order chi connectivity index (χ1) is 8.88. The minimum absolute atomic E-state index is 0.0953. The second-order valence-electron chi connectivity index (χ2n) is 5.79. The van der Waals surface area contributed by atoms with Crippen LogP contribution in [0, 0.1) is 0 Å². The molecule has 0 aromatic heterocycles. The lowest BCUT2D eigenvalue weighted by Gasteiger charge is -2.20. The number of halogens is 2. The normalized spacial score (nSPS) is 13.3. The minimum atomic E-state index is -0.0953. The van der Waals surface area contributed by atoms with E-state index in [2.05, 4.69) is 73.1 Å². The molecule has 0 radical (unpaired) electrons. The van der Waals surface area contributed by atoms with E-state index in [1.165, 1.54) is 5.56 Å². The Morgan fingerprint density at radius 2 is 1.26 bits per heavy atom. The molecule has 2 heteroatoms. The molecular weight excluding hydrogens is 320 g/mol. The van der Waals surface area contributed by atoms with Crippen LogP contribution in [-0.4, -0.2) is 0 Å². The van der Waals surface area contributed by atoms with Crippen molar-refractivity contribution < 1.29 is 0 Å². The van der Waals surface area contributed by atoms with E-state index >= 15 is 0 Å². The van der Waals surface area contributed by atoms with Crippen molar-refractivity contribution in [2.45, 2.75) is 31.6 Å². The number of rotatable bonds is 2. The number of hydrogen-bond acceptors (Lipinski definition) is 0. The van der Waals surface area contributed by atoms with Gasteiger partial charge in [0.15, 0.2) is 0 Å². The Hall–Kier alpha value is -0.790. The first kappa shape index (κ1) is 14.6. The van der Waals surface area contributed by atoms with Gasteiger partial charge < -0.3 is 0 Å². The molecule has 0 amide bonds. The monoisotopic (exact) mass is 336 g/mol. The maximum absolute atomic E-state index is 6.54. The predicted octanol–water partition coefficient (Wildman–Crippen LogP) is 6.07. The predicted molar refractivity (Wildman–Crippen MR) is 87.0 cm³/mol. The Morgan fingerprint density at radius 1 is 0.842 bits per heavy atom. The van der Waals surface area contributed by atoms with Crippen LogP contribution < -0.4 is 0 Å². The third-order valence-electron chi connectivity index (χ3n) is 3.23. The second kappa shape index (κ2) is 5.68. The van der Waals surface area contributed by atoms with Crippen LogP contribution in [0.3, 0.4) is 0 Å². The molecule has 0 fully saturated rings. The molecule has 0 aliphatic heterocycles. The van der Waals surface area contributed by atoms with Gasteiger partial charge in [-0.15, -0.1) is 11.6 Å². The highest BCUT2D eigenvalue weighted by Gasteiger charge is 2.15. The van der Waals surface area contributed by atoms with Crippen LogP contribution in [-0.2, 0) is 5.41 Å². The molecule has 2 aromatic rings. The molecule has 0 spiro atoms. The van der Waals surface area contributed by atoms with E-state index < -0.39 is 0 Å². The van der Waals surface area contributed by atoms with Gasteiger partial charge in [-0.05, 0) is 34.2 Å². The van der Waals surface area contributed by atoms with Crippen molar-refractivity contribution in [2.24, 2.45) is 0 Å². The van der Waals surface area contributed by atoms with Gasteiger partial charge in [-0.2, -0.15) is 0 Å². The topological polar surface area (TPSA) is 0 Å². The van der Waals surface area contributed by atoms with E-state index in [-0.39, 0.29) is 10.8 Å². The molecule has 1 atom stereocenters. The maximum atomic E-state index is 6.54. The Labute approximate surface area is 128 Å². The molecule has 0 bridgehead atoms. The Morgan fingerprint density at radius 3 is 1.68 bits per heavy atom. The van der Waals surface area contributed by atoms with Gasteiger partial charge in [0.1, 0.15) is 0 Å². The molecule has 0 saturated heterocycles. The van der Waals surface area contributed by atoms with Crippen molar-refractivity contribution in [1.82, 2.24) is 0 Å². The standard InChI is InChI=1S/C17H18BrCl/c1-17(2,3)14-8-4-12(5-9-14)16(19)13-6-10-15(18)11-7-13/h4-11,16H,1-3H3. The van der Waals surface area contributed by atoms with E-state index in [0.717, 1.165) is 15.6 Å². The van der Waals surface area contributed by atoms with E-state index in [0.29, 0.717) is 0 Å². The second-order valence-corrected chi connectivity index (χ2v) is 7.14. The van der Waals surface area contributed by atoms with Gasteiger partial charge in [-0.1, -0.05) is 73.1 Å². The maximum Gasteiger partial charge on any atom is 0.0835 e. The van der Waals surface area contributed by atoms with E-state index in [9.17, 15) is 0 Å². The van der Waals surface area contributed by atoms with Gasteiger partial charge in [-0.25, -0.2) is 0 Å². The Kier molecular flexibility index (Phi) is 4.37. The van der Waals surface area contributed by atoms with Crippen molar-refractivity contribution in [1.29, 1.82) is 0 Å². The fraction of sp³-hybridized carbons (Fsp3) is 0.294. The SMILES string of the molecule is CC(C)(C)c1ccc(C(Cl)c2ccc(Br)cc2)cc1. The molecule has 1 unspecified atom stereocenters. The average molecular weight is 338 g/mol. The van der Waals surface area contributed by atoms with E-state index in [1.807, 2.05) is 12.1 Å². The van der Waals surface area contributed by atoms with Crippen LogP contribution in [0.5, 0.6) is 0 Å². The van der Waals surface area contributed by atoms with Crippen LogP contribution in [0.1, 0.15) is 42.8 Å². The summed E-state index contributed by atoms with van der Waals surface area (Å²) in [6, 6.07) is 16.7. The molecule has 0 nitrogen and oxygen atoms in total. The van der Waals surface area contributed by atoms with Crippen molar-refractivity contribution in [3.05, 3.63) is 69.7 Å². The van der Waals surface area contributed by atoms with E-state index in [1.54, 1.807) is 0 Å². The first-order valence-corrected chi connectivity index (χ1v) is 7.61. The third kappa shape index (κ3) is 3.61. The summed E-state index contributed by atoms with van der Waals surface area (Å²) in [6.45, 7) is 6.65. The van der Waals surface area contributed by atoms with Gasteiger partial charge in [0.05, 0.1) is 5.38 Å². The smallest absolute Gasteiger partial charge is 0.0835 e. The number of benzene rings is 2. The molecule has 0 aliphatic rings. The lowest BCUT2D eigenvalue weighted by atomic mass is 9.86. The summed E-state index contributed by atoms with van der Waals surface area (Å²) < 4.78 is 1.07. The Balaban J connectivity index is 2.25. The average Bonchev–Trinajstić information content (AvgIpc) is 2.38. The van der Waals surface area contributed by atoms with Crippen molar-refractivity contribution in [3.8, 4) is 0 Å². The molecular formula is C17H18BrCl. The summed E-state index contributed by atoms with van der Waals surface area (Å²) in [4.78, 5) is 0. The van der Waals surface area contributed by atoms with Crippen LogP contribution in [0.2, 0.25) is 0 Å². The first-order valence-electron chi connectivity index (χ1n) is 6.38. The van der Waals surface area contributed by atoms with Gasteiger partial charge >= 0.3 is 0 Å². The fourth-order valence-electron chi connectivity index (χ4n) is 1.98. The highest BCUT2D eigenvalue weighted by atomic mass is 79.9. The molecule has 0 aliphatic carbocycles. The molecule has 0 N–H and O–H groups in total. The summed E-state index contributed by atoms with van der Waals surface area (Å²) in [5.74, 6) is 0. The molecule has 2 aromatic carbocycles. The lowest BCUT2D eigenvalue weighted by Crippen LogP contribution is -2.10. The van der Waals surface area contributed by atoms with Crippen LogP contribution in [0.4, 0.5) is 0 Å². The van der Waals surface area contributed by atoms with Crippen LogP contribution in [0.25, 0.3) is 0 Å². The lowest BCUT2D eigenvalue weighted by molar-refractivity contribution is 0.590. The number of hydrogen-bond donors (Lipinski definition) is 0. The van der Waals surface area contributed by atoms with Crippen LogP contribution >= 0.6 is 27.5 Å². The van der Waals surface area contributed by atoms with E-state index in [4.69, 9.17) is 11.6 Å². The molecule has 0 heterocycles. The molecule has 2 rings (SSSR count). The zero-order valence-electron chi connectivity index (χ0n) is 11.5. The zero-order valence-corrected chi connectivity index (χ0v) is 13.8.